The smallest absolute Gasteiger partial charge is 0.193 e. The van der Waals surface area contributed by atoms with Crippen LogP contribution in [0.5, 0.6) is 11.5 Å². The first-order chi connectivity index (χ1) is 11.7. The molecule has 0 N–H and O–H groups in total. The Labute approximate surface area is 151 Å². The van der Waals surface area contributed by atoms with Gasteiger partial charge in [0.1, 0.15) is 11.5 Å². The van der Waals surface area contributed by atoms with Crippen LogP contribution < -0.4 is 9.47 Å². The summed E-state index contributed by atoms with van der Waals surface area (Å²) < 4.78 is 11.1. The van der Waals surface area contributed by atoms with Crippen LogP contribution in [-0.4, -0.2) is 24.3 Å². The van der Waals surface area contributed by atoms with Crippen molar-refractivity contribution in [3.05, 3.63) is 59.7 Å². The molecule has 0 aliphatic rings. The second-order valence-electron chi connectivity index (χ2n) is 5.07. The average Bonchev–Trinajstić information content (AvgIpc) is 2.63. The first kappa shape index (κ1) is 18.1. The molecule has 0 aliphatic carbocycles. The average molecular weight is 387 g/mol. The Morgan fingerprint density at radius 2 is 1.42 bits per heavy atom. The van der Waals surface area contributed by atoms with Gasteiger partial charge in [-0.15, -0.1) is 12.3 Å². The summed E-state index contributed by atoms with van der Waals surface area (Å²) in [5.41, 5.74) is 1.25. The van der Waals surface area contributed by atoms with Crippen molar-refractivity contribution in [3.8, 4) is 23.8 Å². The number of hydrogen-bond acceptors (Lipinski definition) is 3. The first-order valence-electron chi connectivity index (χ1n) is 7.74. The van der Waals surface area contributed by atoms with Gasteiger partial charge in [0.2, 0.25) is 0 Å². The molecule has 0 spiro atoms. The molecule has 0 bridgehead atoms. The Bertz CT molecular complexity index is 684. The molecule has 0 saturated carbocycles. The van der Waals surface area contributed by atoms with E-state index in [1.807, 2.05) is 12.1 Å². The van der Waals surface area contributed by atoms with E-state index in [4.69, 9.17) is 15.9 Å². The van der Waals surface area contributed by atoms with Crippen LogP contribution in [0.4, 0.5) is 0 Å². The van der Waals surface area contributed by atoms with Crippen LogP contribution in [0.2, 0.25) is 0 Å². The molecule has 0 amide bonds. The molecule has 4 heteroatoms. The van der Waals surface area contributed by atoms with Gasteiger partial charge in [0.05, 0.1) is 13.2 Å². The molecule has 124 valence electrons. The van der Waals surface area contributed by atoms with E-state index in [0.717, 1.165) is 17.5 Å². The number of carbonyl (C=O) groups excluding carboxylic acids is 1. The summed E-state index contributed by atoms with van der Waals surface area (Å²) in [4.78, 5) is 12.5. The second kappa shape index (κ2) is 9.79. The topological polar surface area (TPSA) is 35.5 Å². The summed E-state index contributed by atoms with van der Waals surface area (Å²) in [5, 5.41) is 0.909. The predicted octanol–water partition coefficient (Wildman–Crippen LogP) is 4.48. The number of benzene rings is 2. The summed E-state index contributed by atoms with van der Waals surface area (Å²) in [6.07, 6.45) is 6.68. The maximum atomic E-state index is 12.5. The zero-order valence-corrected chi connectivity index (χ0v) is 14.9. The van der Waals surface area contributed by atoms with E-state index in [-0.39, 0.29) is 5.78 Å². The zero-order valence-electron chi connectivity index (χ0n) is 13.3. The summed E-state index contributed by atoms with van der Waals surface area (Å²) in [6.45, 7) is 1.13. The Hall–Kier alpha value is -2.25. The number of halogens is 1. The SMILES string of the molecule is C#CCCOc1ccc(C(=O)c2ccc(OCCCBr)cc2)cc1. The molecule has 0 fully saturated rings. The molecule has 2 aromatic rings. The van der Waals surface area contributed by atoms with Crippen molar-refractivity contribution < 1.29 is 14.3 Å². The lowest BCUT2D eigenvalue weighted by atomic mass is 10.0. The predicted molar refractivity (Wildman–Crippen MR) is 99.2 cm³/mol. The van der Waals surface area contributed by atoms with Gasteiger partial charge >= 0.3 is 0 Å². The van der Waals surface area contributed by atoms with Crippen LogP contribution in [0.15, 0.2) is 48.5 Å². The summed E-state index contributed by atoms with van der Waals surface area (Å²) in [5.74, 6) is 3.96. The van der Waals surface area contributed by atoms with Crippen molar-refractivity contribution in [2.75, 3.05) is 18.5 Å². The lowest BCUT2D eigenvalue weighted by molar-refractivity contribution is 0.103. The van der Waals surface area contributed by atoms with E-state index < -0.39 is 0 Å². The fourth-order valence-corrected chi connectivity index (χ4v) is 2.27. The highest BCUT2D eigenvalue weighted by molar-refractivity contribution is 9.09. The van der Waals surface area contributed by atoms with Crippen LogP contribution in [0.3, 0.4) is 0 Å². The van der Waals surface area contributed by atoms with Crippen LogP contribution in [0.25, 0.3) is 0 Å². The van der Waals surface area contributed by atoms with Gasteiger partial charge in [0.15, 0.2) is 5.78 Å². The number of terminal acetylenes is 1. The third-order valence-corrected chi connectivity index (χ3v) is 3.86. The molecule has 0 unspecified atom stereocenters. The van der Waals surface area contributed by atoms with E-state index in [1.54, 1.807) is 36.4 Å². The molecule has 24 heavy (non-hydrogen) atoms. The second-order valence-corrected chi connectivity index (χ2v) is 5.86. The van der Waals surface area contributed by atoms with Gasteiger partial charge < -0.3 is 9.47 Å². The van der Waals surface area contributed by atoms with Crippen LogP contribution in [0, 0.1) is 12.3 Å². The first-order valence-corrected chi connectivity index (χ1v) is 8.86. The number of hydrogen-bond donors (Lipinski definition) is 0. The highest BCUT2D eigenvalue weighted by atomic mass is 79.9. The van der Waals surface area contributed by atoms with Crippen LogP contribution >= 0.6 is 15.9 Å². The summed E-state index contributed by atoms with van der Waals surface area (Å²) >= 11 is 3.36. The Morgan fingerprint density at radius 3 is 1.88 bits per heavy atom. The van der Waals surface area contributed by atoms with E-state index in [1.165, 1.54) is 0 Å². The van der Waals surface area contributed by atoms with Crippen molar-refractivity contribution in [2.45, 2.75) is 12.8 Å². The third-order valence-electron chi connectivity index (χ3n) is 3.29. The lowest BCUT2D eigenvalue weighted by Crippen LogP contribution is -2.02. The van der Waals surface area contributed by atoms with Crippen LogP contribution in [0.1, 0.15) is 28.8 Å². The molecular formula is C20H19BrO3. The number of rotatable bonds is 9. The van der Waals surface area contributed by atoms with E-state index >= 15 is 0 Å². The summed E-state index contributed by atoms with van der Waals surface area (Å²) in [7, 11) is 0. The highest BCUT2D eigenvalue weighted by Crippen LogP contribution is 2.18. The maximum Gasteiger partial charge on any atom is 0.193 e. The minimum Gasteiger partial charge on any atom is -0.494 e. The normalized spacial score (nSPS) is 10.0. The minimum absolute atomic E-state index is 0.0304. The molecule has 0 saturated heterocycles. The Balaban J connectivity index is 1.96. The maximum absolute atomic E-state index is 12.5. The largest absolute Gasteiger partial charge is 0.494 e. The number of carbonyl (C=O) groups is 1. The quantitative estimate of drug-likeness (QED) is 0.275. The van der Waals surface area contributed by atoms with Gasteiger partial charge in [-0.25, -0.2) is 0 Å². The molecule has 2 rings (SSSR count). The van der Waals surface area contributed by atoms with Gasteiger partial charge in [-0.05, 0) is 55.0 Å². The van der Waals surface area contributed by atoms with Crippen molar-refractivity contribution in [1.82, 2.24) is 0 Å². The molecule has 3 nitrogen and oxygen atoms in total. The fourth-order valence-electron chi connectivity index (χ4n) is 2.04. The Morgan fingerprint density at radius 1 is 0.917 bits per heavy atom. The monoisotopic (exact) mass is 386 g/mol. The van der Waals surface area contributed by atoms with Crippen LogP contribution in [-0.2, 0) is 0 Å². The Kier molecular flexibility index (Phi) is 7.38. The highest BCUT2D eigenvalue weighted by Gasteiger charge is 2.09. The molecule has 0 heterocycles. The molecule has 0 aromatic heterocycles. The minimum atomic E-state index is -0.0304. The molecule has 0 atom stereocenters. The third kappa shape index (κ3) is 5.43. The molecular weight excluding hydrogens is 368 g/mol. The van der Waals surface area contributed by atoms with Gasteiger partial charge in [-0.2, -0.15) is 0 Å². The van der Waals surface area contributed by atoms with Gasteiger partial charge in [0.25, 0.3) is 0 Å². The molecule has 2 aromatic carbocycles. The van der Waals surface area contributed by atoms with Crippen molar-refractivity contribution in [3.63, 3.8) is 0 Å². The van der Waals surface area contributed by atoms with Crippen molar-refractivity contribution in [2.24, 2.45) is 0 Å². The van der Waals surface area contributed by atoms with E-state index in [9.17, 15) is 4.79 Å². The standard InChI is InChI=1S/C20H19BrO3/c1-2-3-14-23-18-9-5-16(6-10-18)20(22)17-7-11-19(12-8-17)24-15-4-13-21/h1,5-12H,3-4,13-15H2. The van der Waals surface area contributed by atoms with E-state index in [2.05, 4.69) is 21.9 Å². The summed E-state index contributed by atoms with van der Waals surface area (Å²) in [6, 6.07) is 14.3. The van der Waals surface area contributed by atoms with Crippen molar-refractivity contribution >= 4 is 21.7 Å². The molecule has 0 aliphatic heterocycles. The number of ether oxygens (including phenoxy) is 2. The fraction of sp³-hybridized carbons (Fsp3) is 0.250. The van der Waals surface area contributed by atoms with E-state index in [0.29, 0.717) is 36.5 Å². The molecule has 0 radical (unpaired) electrons. The number of alkyl halides is 1. The lowest BCUT2D eigenvalue weighted by Gasteiger charge is -2.07. The van der Waals surface area contributed by atoms with Gasteiger partial charge in [-0.1, -0.05) is 15.9 Å². The van der Waals surface area contributed by atoms with Gasteiger partial charge in [-0.3, -0.25) is 4.79 Å². The zero-order chi connectivity index (χ0) is 17.2. The van der Waals surface area contributed by atoms with Crippen molar-refractivity contribution in [1.29, 1.82) is 0 Å². The number of ketones is 1. The van der Waals surface area contributed by atoms with Gasteiger partial charge in [0, 0.05) is 22.9 Å².